The smallest absolute Gasteiger partial charge is 0.216 e. The summed E-state index contributed by atoms with van der Waals surface area (Å²) in [7, 11) is 0. The van der Waals surface area contributed by atoms with Crippen LogP contribution < -0.4 is 15.0 Å². The lowest BCUT2D eigenvalue weighted by Gasteiger charge is -2.41. The Hall–Kier alpha value is -2.82. The van der Waals surface area contributed by atoms with Gasteiger partial charge in [0.15, 0.2) is 0 Å². The van der Waals surface area contributed by atoms with Crippen LogP contribution in [0.1, 0.15) is 68.9 Å². The van der Waals surface area contributed by atoms with Crippen molar-refractivity contribution in [3.05, 3.63) is 59.7 Å². The zero-order valence-electron chi connectivity index (χ0n) is 19.9. The molecule has 1 aliphatic carbocycles. The Morgan fingerprint density at radius 2 is 1.76 bits per heavy atom. The first-order valence-corrected chi connectivity index (χ1v) is 12.3. The zero-order chi connectivity index (χ0) is 23.2. The number of carbonyl (C=O) groups is 2. The van der Waals surface area contributed by atoms with Crippen LogP contribution in [-0.4, -0.2) is 37.9 Å². The topological polar surface area (TPSA) is 58.6 Å². The fourth-order valence-electron chi connectivity index (χ4n) is 4.36. The van der Waals surface area contributed by atoms with Crippen LogP contribution >= 0.6 is 0 Å². The van der Waals surface area contributed by atoms with Crippen molar-refractivity contribution in [3.63, 3.8) is 0 Å². The zero-order valence-corrected chi connectivity index (χ0v) is 19.9. The van der Waals surface area contributed by atoms with Crippen molar-refractivity contribution in [1.82, 2.24) is 5.32 Å². The Morgan fingerprint density at radius 1 is 1.06 bits per heavy atom. The Balaban J connectivity index is 1.19. The molecule has 0 spiro atoms. The minimum atomic E-state index is -0.0443. The SMILES string of the molecule is CC(=O)NCCCC(=O)C[C@@H](C)c1ccc(C2CN(c3ccc(OCC4CC4)cc3)C2)cc1. The van der Waals surface area contributed by atoms with Crippen molar-refractivity contribution in [2.45, 2.75) is 57.8 Å². The molecule has 1 amide bonds. The molecule has 176 valence electrons. The fraction of sp³-hybridized carbons (Fsp3) is 0.500. The van der Waals surface area contributed by atoms with Crippen molar-refractivity contribution in [2.24, 2.45) is 5.92 Å². The molecule has 1 saturated heterocycles. The number of hydrogen-bond acceptors (Lipinski definition) is 4. The summed E-state index contributed by atoms with van der Waals surface area (Å²) in [5.41, 5.74) is 3.84. The summed E-state index contributed by atoms with van der Waals surface area (Å²) < 4.78 is 5.84. The summed E-state index contributed by atoms with van der Waals surface area (Å²) in [6.07, 6.45) is 4.41. The van der Waals surface area contributed by atoms with E-state index in [1.165, 1.54) is 36.6 Å². The van der Waals surface area contributed by atoms with Crippen LogP contribution in [0.4, 0.5) is 5.69 Å². The third-order valence-electron chi connectivity index (χ3n) is 6.78. The third kappa shape index (κ3) is 6.83. The van der Waals surface area contributed by atoms with E-state index in [4.69, 9.17) is 4.74 Å². The molecule has 2 aromatic rings. The Kier molecular flexibility index (Phi) is 7.69. The monoisotopic (exact) mass is 448 g/mol. The highest BCUT2D eigenvalue weighted by Crippen LogP contribution is 2.34. The van der Waals surface area contributed by atoms with Gasteiger partial charge in [-0.15, -0.1) is 0 Å². The quantitative estimate of drug-likeness (QED) is 0.461. The fourth-order valence-corrected chi connectivity index (χ4v) is 4.36. The van der Waals surface area contributed by atoms with Crippen molar-refractivity contribution >= 4 is 17.4 Å². The second-order valence-corrected chi connectivity index (χ2v) is 9.75. The second kappa shape index (κ2) is 10.9. The maximum atomic E-state index is 12.2. The Labute approximate surface area is 197 Å². The lowest BCUT2D eigenvalue weighted by atomic mass is 9.88. The van der Waals surface area contributed by atoms with Crippen LogP contribution in [-0.2, 0) is 9.59 Å². The standard InChI is InChI=1S/C28H36N2O3/c1-20(16-27(32)4-3-15-29-21(2)31)23-7-9-24(10-8-23)25-17-30(18-25)26-11-13-28(14-12-26)33-19-22-5-6-22/h7-14,20,22,25H,3-6,15-19H2,1-2H3,(H,29,31)/t20-/m1/s1. The highest BCUT2D eigenvalue weighted by atomic mass is 16.5. The first kappa shape index (κ1) is 23.3. The molecular formula is C28H36N2O3. The molecule has 0 radical (unpaired) electrons. The molecule has 1 N–H and O–H groups in total. The van der Waals surface area contributed by atoms with Crippen molar-refractivity contribution in [3.8, 4) is 5.75 Å². The van der Waals surface area contributed by atoms with E-state index in [9.17, 15) is 9.59 Å². The third-order valence-corrected chi connectivity index (χ3v) is 6.78. The summed E-state index contributed by atoms with van der Waals surface area (Å²) in [6.45, 7) is 7.10. The van der Waals surface area contributed by atoms with Gasteiger partial charge in [0.1, 0.15) is 11.5 Å². The van der Waals surface area contributed by atoms with Gasteiger partial charge >= 0.3 is 0 Å². The van der Waals surface area contributed by atoms with Crippen LogP contribution in [0.15, 0.2) is 48.5 Å². The maximum absolute atomic E-state index is 12.2. The van der Waals surface area contributed by atoms with E-state index >= 15 is 0 Å². The van der Waals surface area contributed by atoms with Crippen LogP contribution in [0.2, 0.25) is 0 Å². The molecule has 1 atom stereocenters. The van der Waals surface area contributed by atoms with Crippen LogP contribution in [0.5, 0.6) is 5.75 Å². The van der Waals surface area contributed by atoms with E-state index in [-0.39, 0.29) is 17.6 Å². The van der Waals surface area contributed by atoms with Crippen LogP contribution in [0, 0.1) is 5.92 Å². The molecule has 5 heteroatoms. The van der Waals surface area contributed by atoms with Gasteiger partial charge in [0.05, 0.1) is 6.61 Å². The number of Topliss-reactive ketones (excluding diaryl/α,β-unsaturated/α-hetero) is 1. The predicted molar refractivity (Wildman–Crippen MR) is 132 cm³/mol. The number of benzene rings is 2. The second-order valence-electron chi connectivity index (χ2n) is 9.75. The van der Waals surface area contributed by atoms with E-state index in [0.29, 0.717) is 31.7 Å². The largest absolute Gasteiger partial charge is 0.493 e. The van der Waals surface area contributed by atoms with Gasteiger partial charge in [0.2, 0.25) is 5.91 Å². The number of carbonyl (C=O) groups excluding carboxylic acids is 2. The molecular weight excluding hydrogens is 412 g/mol. The Morgan fingerprint density at radius 3 is 2.39 bits per heavy atom. The molecule has 1 saturated carbocycles. The first-order chi connectivity index (χ1) is 16.0. The number of rotatable bonds is 12. The molecule has 5 nitrogen and oxygen atoms in total. The number of anilines is 1. The van der Waals surface area contributed by atoms with Crippen LogP contribution in [0.25, 0.3) is 0 Å². The van der Waals surface area contributed by atoms with E-state index in [2.05, 4.69) is 65.7 Å². The summed E-state index contributed by atoms with van der Waals surface area (Å²) in [5, 5.41) is 2.74. The number of nitrogens with zero attached hydrogens (tertiary/aromatic N) is 1. The van der Waals surface area contributed by atoms with Gasteiger partial charge in [-0.05, 0) is 66.5 Å². The maximum Gasteiger partial charge on any atom is 0.216 e. The highest BCUT2D eigenvalue weighted by Gasteiger charge is 2.28. The highest BCUT2D eigenvalue weighted by molar-refractivity contribution is 5.79. The summed E-state index contributed by atoms with van der Waals surface area (Å²) >= 11 is 0. The number of amides is 1. The van der Waals surface area contributed by atoms with Crippen molar-refractivity contribution < 1.29 is 14.3 Å². The van der Waals surface area contributed by atoms with Gasteiger partial charge in [-0.25, -0.2) is 0 Å². The molecule has 1 aliphatic heterocycles. The molecule has 2 fully saturated rings. The van der Waals surface area contributed by atoms with E-state index < -0.39 is 0 Å². The number of ketones is 1. The molecule has 1 heterocycles. The van der Waals surface area contributed by atoms with Crippen LogP contribution in [0.3, 0.4) is 0 Å². The summed E-state index contributed by atoms with van der Waals surface area (Å²) in [4.78, 5) is 25.5. The molecule has 0 bridgehead atoms. The molecule has 2 aromatic carbocycles. The predicted octanol–water partition coefficient (Wildman–Crippen LogP) is 5.06. The molecule has 0 unspecified atom stereocenters. The number of hydrogen-bond donors (Lipinski definition) is 1. The number of nitrogens with one attached hydrogen (secondary N) is 1. The summed E-state index contributed by atoms with van der Waals surface area (Å²) in [5.74, 6) is 2.73. The van der Waals surface area contributed by atoms with E-state index in [1.807, 2.05) is 0 Å². The average Bonchev–Trinajstić information content (AvgIpc) is 3.60. The van der Waals surface area contributed by atoms with Crippen molar-refractivity contribution in [1.29, 1.82) is 0 Å². The number of ether oxygens (including phenoxy) is 1. The average molecular weight is 449 g/mol. The minimum absolute atomic E-state index is 0.0443. The van der Waals surface area contributed by atoms with Gasteiger partial charge in [0, 0.05) is 51.0 Å². The van der Waals surface area contributed by atoms with Crippen molar-refractivity contribution in [2.75, 3.05) is 31.1 Å². The molecule has 33 heavy (non-hydrogen) atoms. The first-order valence-electron chi connectivity index (χ1n) is 12.3. The van der Waals surface area contributed by atoms with E-state index in [1.54, 1.807) is 0 Å². The van der Waals surface area contributed by atoms with Gasteiger partial charge in [-0.1, -0.05) is 31.2 Å². The Bertz CT molecular complexity index is 929. The lowest BCUT2D eigenvalue weighted by Crippen LogP contribution is -2.45. The van der Waals surface area contributed by atoms with Gasteiger partial charge in [-0.3, -0.25) is 9.59 Å². The van der Waals surface area contributed by atoms with E-state index in [0.717, 1.165) is 31.4 Å². The normalized spacial score (nSPS) is 16.7. The molecule has 2 aliphatic rings. The van der Waals surface area contributed by atoms with Gasteiger partial charge < -0.3 is 15.0 Å². The molecule has 0 aromatic heterocycles. The summed E-state index contributed by atoms with van der Waals surface area (Å²) in [6, 6.07) is 17.3. The minimum Gasteiger partial charge on any atom is -0.493 e. The lowest BCUT2D eigenvalue weighted by molar-refractivity contribution is -0.121. The van der Waals surface area contributed by atoms with Gasteiger partial charge in [0.25, 0.3) is 0 Å². The van der Waals surface area contributed by atoms with Gasteiger partial charge in [-0.2, -0.15) is 0 Å². The molecule has 4 rings (SSSR count).